The Morgan fingerprint density at radius 2 is 1.95 bits per heavy atom. The van der Waals surface area contributed by atoms with Gasteiger partial charge in [-0.15, -0.1) is 0 Å². The number of methoxy groups -OCH3 is 1. The van der Waals surface area contributed by atoms with Gasteiger partial charge in [-0.3, -0.25) is 14.9 Å². The molecule has 108 valence electrons. The van der Waals surface area contributed by atoms with Gasteiger partial charge in [0.1, 0.15) is 0 Å². The third-order valence-corrected chi connectivity index (χ3v) is 2.15. The quantitative estimate of drug-likeness (QED) is 0.401. The van der Waals surface area contributed by atoms with E-state index in [0.29, 0.717) is 6.61 Å². The molecule has 0 bridgehead atoms. The summed E-state index contributed by atoms with van der Waals surface area (Å²) in [5, 5.41) is 4.52. The maximum atomic E-state index is 11.4. The van der Waals surface area contributed by atoms with Crippen LogP contribution < -0.4 is 10.6 Å². The van der Waals surface area contributed by atoms with E-state index in [4.69, 9.17) is 4.74 Å². The summed E-state index contributed by atoms with van der Waals surface area (Å²) in [7, 11) is 1.30. The predicted octanol–water partition coefficient (Wildman–Crippen LogP) is 0.562. The standard InChI is InChI=1S/C12H20N2O5/c1-5-19-9(3)11(16)14-12(17)13-7-8(2)6-10(15)18-4/h8H,3,5-7H2,1-2,4H3,(H2,13,14,16,17). The van der Waals surface area contributed by atoms with Gasteiger partial charge in [-0.2, -0.15) is 0 Å². The minimum atomic E-state index is -0.694. The molecule has 0 rings (SSSR count). The fourth-order valence-electron chi connectivity index (χ4n) is 1.16. The molecule has 19 heavy (non-hydrogen) atoms. The van der Waals surface area contributed by atoms with Crippen molar-refractivity contribution in [2.45, 2.75) is 20.3 Å². The van der Waals surface area contributed by atoms with Gasteiger partial charge in [0.05, 0.1) is 13.7 Å². The van der Waals surface area contributed by atoms with Crippen LogP contribution in [0.3, 0.4) is 0 Å². The van der Waals surface area contributed by atoms with E-state index in [1.54, 1.807) is 13.8 Å². The monoisotopic (exact) mass is 272 g/mol. The van der Waals surface area contributed by atoms with E-state index in [1.807, 2.05) is 0 Å². The number of carbonyl (C=O) groups excluding carboxylic acids is 3. The highest BCUT2D eigenvalue weighted by Crippen LogP contribution is 2.01. The van der Waals surface area contributed by atoms with Crippen LogP contribution >= 0.6 is 0 Å². The van der Waals surface area contributed by atoms with E-state index >= 15 is 0 Å². The van der Waals surface area contributed by atoms with Gasteiger partial charge in [0, 0.05) is 13.0 Å². The molecule has 2 N–H and O–H groups in total. The molecule has 0 radical (unpaired) electrons. The van der Waals surface area contributed by atoms with Gasteiger partial charge < -0.3 is 14.8 Å². The van der Waals surface area contributed by atoms with E-state index in [2.05, 4.69) is 21.9 Å². The minimum Gasteiger partial charge on any atom is -0.489 e. The van der Waals surface area contributed by atoms with Gasteiger partial charge in [-0.1, -0.05) is 13.5 Å². The van der Waals surface area contributed by atoms with E-state index in [0.717, 1.165) is 0 Å². The molecule has 0 spiro atoms. The molecular weight excluding hydrogens is 252 g/mol. The molecule has 1 atom stereocenters. The summed E-state index contributed by atoms with van der Waals surface area (Å²) in [4.78, 5) is 33.7. The van der Waals surface area contributed by atoms with Crippen molar-refractivity contribution in [2.75, 3.05) is 20.3 Å². The predicted molar refractivity (Wildman–Crippen MR) is 68.1 cm³/mol. The highest BCUT2D eigenvalue weighted by molar-refractivity contribution is 6.02. The Bertz CT molecular complexity index is 354. The van der Waals surface area contributed by atoms with Crippen molar-refractivity contribution < 1.29 is 23.9 Å². The van der Waals surface area contributed by atoms with E-state index in [1.165, 1.54) is 7.11 Å². The molecule has 0 aliphatic rings. The van der Waals surface area contributed by atoms with E-state index in [9.17, 15) is 14.4 Å². The van der Waals surface area contributed by atoms with Crippen LogP contribution in [0.5, 0.6) is 0 Å². The number of amides is 3. The molecular formula is C12H20N2O5. The Labute approximate surface area is 112 Å². The molecule has 0 aliphatic carbocycles. The van der Waals surface area contributed by atoms with Crippen LogP contribution in [0.2, 0.25) is 0 Å². The van der Waals surface area contributed by atoms with E-state index < -0.39 is 11.9 Å². The molecule has 7 nitrogen and oxygen atoms in total. The van der Waals surface area contributed by atoms with Crippen LogP contribution in [0.15, 0.2) is 12.3 Å². The third-order valence-electron chi connectivity index (χ3n) is 2.15. The summed E-state index contributed by atoms with van der Waals surface area (Å²) in [6.07, 6.45) is 0.191. The van der Waals surface area contributed by atoms with Gasteiger partial charge in [0.2, 0.25) is 0 Å². The largest absolute Gasteiger partial charge is 0.489 e. The maximum Gasteiger partial charge on any atom is 0.321 e. The number of imide groups is 1. The zero-order valence-corrected chi connectivity index (χ0v) is 11.4. The lowest BCUT2D eigenvalue weighted by Gasteiger charge is -2.12. The van der Waals surface area contributed by atoms with Crippen LogP contribution in [0.1, 0.15) is 20.3 Å². The van der Waals surface area contributed by atoms with Gasteiger partial charge in [0.15, 0.2) is 5.76 Å². The van der Waals surface area contributed by atoms with Gasteiger partial charge in [-0.25, -0.2) is 4.79 Å². The lowest BCUT2D eigenvalue weighted by Crippen LogP contribution is -2.42. The number of nitrogens with one attached hydrogen (secondary N) is 2. The second-order valence-electron chi connectivity index (χ2n) is 3.91. The first-order chi connectivity index (χ1) is 8.90. The van der Waals surface area contributed by atoms with Crippen molar-refractivity contribution in [1.29, 1.82) is 0 Å². The number of urea groups is 1. The summed E-state index contributed by atoms with van der Waals surface area (Å²) in [6.45, 7) is 7.39. The molecule has 0 aromatic carbocycles. The zero-order valence-electron chi connectivity index (χ0n) is 11.4. The second kappa shape index (κ2) is 8.96. The van der Waals surface area contributed by atoms with Crippen LogP contribution in [0, 0.1) is 5.92 Å². The lowest BCUT2D eigenvalue weighted by atomic mass is 10.1. The molecule has 1 unspecified atom stereocenters. The molecule has 0 aromatic rings. The Balaban J connectivity index is 3.95. The molecule has 0 saturated heterocycles. The lowest BCUT2D eigenvalue weighted by molar-refractivity contribution is -0.141. The van der Waals surface area contributed by atoms with Gasteiger partial charge in [-0.05, 0) is 12.8 Å². The number of rotatable bonds is 7. The second-order valence-corrected chi connectivity index (χ2v) is 3.91. The highest BCUT2D eigenvalue weighted by Gasteiger charge is 2.14. The smallest absolute Gasteiger partial charge is 0.321 e. The SMILES string of the molecule is C=C(OCC)C(=O)NC(=O)NCC(C)CC(=O)OC. The Morgan fingerprint density at radius 1 is 1.32 bits per heavy atom. The van der Waals surface area contributed by atoms with Crippen LogP contribution in [-0.2, 0) is 19.1 Å². The molecule has 7 heteroatoms. The molecule has 0 fully saturated rings. The Morgan fingerprint density at radius 3 is 2.47 bits per heavy atom. The number of hydrogen-bond donors (Lipinski definition) is 2. The first kappa shape index (κ1) is 16.9. The first-order valence-corrected chi connectivity index (χ1v) is 5.88. The summed E-state index contributed by atoms with van der Waals surface area (Å²) < 4.78 is 9.35. The zero-order chi connectivity index (χ0) is 14.8. The first-order valence-electron chi connectivity index (χ1n) is 5.88. The Hall–Kier alpha value is -2.05. The molecule has 0 heterocycles. The van der Waals surface area contributed by atoms with Gasteiger partial charge >= 0.3 is 12.0 Å². The van der Waals surface area contributed by atoms with Crippen molar-refractivity contribution in [3.8, 4) is 0 Å². The van der Waals surface area contributed by atoms with Crippen LogP contribution in [0.25, 0.3) is 0 Å². The van der Waals surface area contributed by atoms with Crippen molar-refractivity contribution in [2.24, 2.45) is 5.92 Å². The Kier molecular flexibility index (Phi) is 7.99. The summed E-state index contributed by atoms with van der Waals surface area (Å²) in [5.74, 6) is -1.26. The molecule has 0 saturated carbocycles. The number of hydrogen-bond acceptors (Lipinski definition) is 5. The minimum absolute atomic E-state index is 0.0941. The van der Waals surface area contributed by atoms with Gasteiger partial charge in [0.25, 0.3) is 5.91 Å². The van der Waals surface area contributed by atoms with E-state index in [-0.39, 0.29) is 30.6 Å². The summed E-state index contributed by atoms with van der Waals surface area (Å²) in [5.41, 5.74) is 0. The van der Waals surface area contributed by atoms with Crippen molar-refractivity contribution >= 4 is 17.9 Å². The maximum absolute atomic E-state index is 11.4. The summed E-state index contributed by atoms with van der Waals surface area (Å²) in [6, 6.07) is -0.664. The van der Waals surface area contributed by atoms with Crippen LogP contribution in [0.4, 0.5) is 4.79 Å². The number of carbonyl (C=O) groups is 3. The summed E-state index contributed by atoms with van der Waals surface area (Å²) >= 11 is 0. The highest BCUT2D eigenvalue weighted by atomic mass is 16.5. The molecule has 0 aromatic heterocycles. The molecule has 3 amide bonds. The average Bonchev–Trinajstić information content (AvgIpc) is 2.36. The normalized spacial score (nSPS) is 11.1. The van der Waals surface area contributed by atoms with Crippen molar-refractivity contribution in [1.82, 2.24) is 10.6 Å². The topological polar surface area (TPSA) is 93.7 Å². The average molecular weight is 272 g/mol. The fraction of sp³-hybridized carbons (Fsp3) is 0.583. The number of ether oxygens (including phenoxy) is 2. The number of esters is 1. The third kappa shape index (κ3) is 7.80. The van der Waals surface area contributed by atoms with Crippen molar-refractivity contribution in [3.63, 3.8) is 0 Å². The van der Waals surface area contributed by atoms with Crippen molar-refractivity contribution in [3.05, 3.63) is 12.3 Å². The molecule has 0 aliphatic heterocycles. The fourth-order valence-corrected chi connectivity index (χ4v) is 1.16. The van der Waals surface area contributed by atoms with Crippen LogP contribution in [-0.4, -0.2) is 38.2 Å².